The smallest absolute Gasteiger partial charge is 0.409 e. The zero-order valence-corrected chi connectivity index (χ0v) is 15.3. The number of carbonyl (C=O) groups excluding carboxylic acids is 2. The van der Waals surface area contributed by atoms with Crippen LogP contribution in [0.5, 0.6) is 0 Å². The molecule has 3 heterocycles. The maximum Gasteiger partial charge on any atom is 0.409 e. The van der Waals surface area contributed by atoms with Crippen molar-refractivity contribution in [3.63, 3.8) is 0 Å². The first-order valence-electron chi connectivity index (χ1n) is 8.09. The molecule has 0 saturated carbocycles. The highest BCUT2D eigenvalue weighted by atomic mass is 32.1. The summed E-state index contributed by atoms with van der Waals surface area (Å²) in [6, 6.07) is 0. The Balaban J connectivity index is 1.80. The molecule has 0 aliphatic carbocycles. The van der Waals surface area contributed by atoms with Crippen molar-refractivity contribution in [2.24, 2.45) is 7.05 Å². The average Bonchev–Trinajstić information content (AvgIpc) is 2.95. The monoisotopic (exact) mass is 364 g/mol. The molecule has 2 aromatic heterocycles. The zero-order valence-electron chi connectivity index (χ0n) is 14.4. The number of hydrogen-bond donors (Lipinski definition) is 0. The normalized spacial score (nSPS) is 14.8. The number of hydrogen-bond acceptors (Lipinski definition) is 6. The summed E-state index contributed by atoms with van der Waals surface area (Å²) in [4.78, 5) is 45.6. The first-order chi connectivity index (χ1) is 11.9. The quantitative estimate of drug-likeness (QED) is 0.800. The molecule has 0 N–H and O–H groups in total. The number of ether oxygens (including phenoxy) is 1. The van der Waals surface area contributed by atoms with Gasteiger partial charge in [0.2, 0.25) is 0 Å². The van der Waals surface area contributed by atoms with Crippen LogP contribution in [0.4, 0.5) is 4.79 Å². The summed E-state index contributed by atoms with van der Waals surface area (Å²) < 4.78 is 6.40. The van der Waals surface area contributed by atoms with Crippen molar-refractivity contribution in [2.45, 2.75) is 13.8 Å². The molecular weight excluding hydrogens is 344 g/mol. The van der Waals surface area contributed by atoms with E-state index in [1.165, 1.54) is 22.2 Å². The SMILES string of the molecule is CCOC(=O)N1CCN(C(=O)c2sc3ncn(C)c(=O)c3c2C)CC1. The lowest BCUT2D eigenvalue weighted by atomic mass is 10.2. The Morgan fingerprint density at radius 3 is 2.52 bits per heavy atom. The van der Waals surface area contributed by atoms with E-state index < -0.39 is 0 Å². The summed E-state index contributed by atoms with van der Waals surface area (Å²) in [6.45, 7) is 5.64. The fraction of sp³-hybridized carbons (Fsp3) is 0.500. The van der Waals surface area contributed by atoms with Gasteiger partial charge in [0.25, 0.3) is 11.5 Å². The van der Waals surface area contributed by atoms with Gasteiger partial charge in [-0.15, -0.1) is 11.3 Å². The van der Waals surface area contributed by atoms with Gasteiger partial charge in [-0.3, -0.25) is 9.59 Å². The molecule has 2 aromatic rings. The number of amides is 2. The molecule has 0 bridgehead atoms. The van der Waals surface area contributed by atoms with Gasteiger partial charge in [-0.05, 0) is 19.4 Å². The minimum absolute atomic E-state index is 0.119. The average molecular weight is 364 g/mol. The molecule has 1 aliphatic heterocycles. The van der Waals surface area contributed by atoms with Crippen LogP contribution in [0.2, 0.25) is 0 Å². The van der Waals surface area contributed by atoms with E-state index in [1.54, 1.807) is 30.7 Å². The zero-order chi connectivity index (χ0) is 18.1. The Morgan fingerprint density at radius 1 is 1.24 bits per heavy atom. The first kappa shape index (κ1) is 17.4. The third kappa shape index (κ3) is 3.11. The summed E-state index contributed by atoms with van der Waals surface area (Å²) in [6.07, 6.45) is 1.12. The third-order valence-corrected chi connectivity index (χ3v) is 5.49. The molecule has 8 nitrogen and oxygen atoms in total. The van der Waals surface area contributed by atoms with E-state index in [0.29, 0.717) is 53.4 Å². The molecule has 0 radical (unpaired) electrons. The lowest BCUT2D eigenvalue weighted by Gasteiger charge is -2.33. The lowest BCUT2D eigenvalue weighted by Crippen LogP contribution is -2.50. The molecule has 0 atom stereocenters. The summed E-state index contributed by atoms with van der Waals surface area (Å²) in [5, 5.41) is 0.503. The van der Waals surface area contributed by atoms with Crippen molar-refractivity contribution in [1.29, 1.82) is 0 Å². The highest BCUT2D eigenvalue weighted by molar-refractivity contribution is 7.20. The minimum Gasteiger partial charge on any atom is -0.450 e. The minimum atomic E-state index is -0.347. The topological polar surface area (TPSA) is 84.7 Å². The number of carbonyl (C=O) groups is 2. The van der Waals surface area contributed by atoms with Gasteiger partial charge in [0.15, 0.2) is 0 Å². The molecule has 2 amide bonds. The maximum atomic E-state index is 12.9. The number of piperazine rings is 1. The van der Waals surface area contributed by atoms with E-state index >= 15 is 0 Å². The number of fused-ring (bicyclic) bond motifs is 1. The highest BCUT2D eigenvalue weighted by Crippen LogP contribution is 2.28. The Labute approximate surface area is 148 Å². The number of thiophene rings is 1. The molecule has 3 rings (SSSR count). The Bertz CT molecular complexity index is 880. The van der Waals surface area contributed by atoms with Crippen LogP contribution in [-0.4, -0.2) is 64.1 Å². The molecule has 1 fully saturated rings. The second-order valence-electron chi connectivity index (χ2n) is 5.88. The van der Waals surface area contributed by atoms with Gasteiger partial charge in [-0.1, -0.05) is 0 Å². The third-order valence-electron chi connectivity index (χ3n) is 4.30. The molecule has 9 heteroatoms. The van der Waals surface area contributed by atoms with Crippen molar-refractivity contribution in [1.82, 2.24) is 19.4 Å². The van der Waals surface area contributed by atoms with E-state index in [1.807, 2.05) is 0 Å². The van der Waals surface area contributed by atoms with Crippen molar-refractivity contribution >= 4 is 33.6 Å². The van der Waals surface area contributed by atoms with E-state index in [4.69, 9.17) is 4.74 Å². The number of nitrogens with zero attached hydrogens (tertiary/aromatic N) is 4. The molecule has 0 unspecified atom stereocenters. The second-order valence-corrected chi connectivity index (χ2v) is 6.87. The first-order valence-corrected chi connectivity index (χ1v) is 8.91. The Morgan fingerprint density at radius 2 is 1.88 bits per heavy atom. The maximum absolute atomic E-state index is 12.9. The number of aryl methyl sites for hydroxylation is 2. The second kappa shape index (κ2) is 6.83. The molecule has 134 valence electrons. The molecule has 1 aliphatic rings. The Hall–Kier alpha value is -2.42. The summed E-state index contributed by atoms with van der Waals surface area (Å²) in [7, 11) is 1.64. The van der Waals surface area contributed by atoms with Crippen LogP contribution in [0.25, 0.3) is 10.2 Å². The van der Waals surface area contributed by atoms with Crippen LogP contribution in [0.15, 0.2) is 11.1 Å². The van der Waals surface area contributed by atoms with Gasteiger partial charge < -0.3 is 19.1 Å². The van der Waals surface area contributed by atoms with Crippen LogP contribution in [-0.2, 0) is 11.8 Å². The largest absolute Gasteiger partial charge is 0.450 e. The molecule has 0 spiro atoms. The van der Waals surface area contributed by atoms with Crippen LogP contribution in [0, 0.1) is 6.92 Å². The van der Waals surface area contributed by atoms with Crippen LogP contribution < -0.4 is 5.56 Å². The standard InChI is InChI=1S/C16H20N4O4S/c1-4-24-16(23)20-7-5-19(6-8-20)15(22)12-10(2)11-13(25-12)17-9-18(3)14(11)21/h9H,4-8H2,1-3H3. The molecule has 0 aromatic carbocycles. The van der Waals surface area contributed by atoms with Gasteiger partial charge >= 0.3 is 6.09 Å². The predicted molar refractivity (Wildman–Crippen MR) is 94.1 cm³/mol. The molecule has 25 heavy (non-hydrogen) atoms. The number of rotatable bonds is 2. The van der Waals surface area contributed by atoms with Crippen molar-refractivity contribution in [3.8, 4) is 0 Å². The van der Waals surface area contributed by atoms with Crippen LogP contribution in [0.1, 0.15) is 22.2 Å². The molecule has 1 saturated heterocycles. The van der Waals surface area contributed by atoms with E-state index in [-0.39, 0.29) is 17.6 Å². The number of aromatic nitrogens is 2. The fourth-order valence-electron chi connectivity index (χ4n) is 2.86. The summed E-state index contributed by atoms with van der Waals surface area (Å²) in [5.41, 5.74) is 0.524. The van der Waals surface area contributed by atoms with E-state index in [2.05, 4.69) is 4.98 Å². The van der Waals surface area contributed by atoms with Crippen molar-refractivity contribution in [3.05, 3.63) is 27.1 Å². The van der Waals surface area contributed by atoms with Gasteiger partial charge in [-0.2, -0.15) is 0 Å². The van der Waals surface area contributed by atoms with Crippen LogP contribution >= 0.6 is 11.3 Å². The van der Waals surface area contributed by atoms with Crippen molar-refractivity contribution < 1.29 is 14.3 Å². The highest BCUT2D eigenvalue weighted by Gasteiger charge is 2.28. The summed E-state index contributed by atoms with van der Waals surface area (Å²) >= 11 is 1.24. The van der Waals surface area contributed by atoms with E-state index in [9.17, 15) is 14.4 Å². The van der Waals surface area contributed by atoms with Crippen molar-refractivity contribution in [2.75, 3.05) is 32.8 Å². The predicted octanol–water partition coefficient (Wildman–Crippen LogP) is 1.22. The fourth-order valence-corrected chi connectivity index (χ4v) is 3.97. The summed E-state index contributed by atoms with van der Waals surface area (Å²) in [5.74, 6) is -0.119. The van der Waals surface area contributed by atoms with Gasteiger partial charge in [0, 0.05) is 33.2 Å². The van der Waals surface area contributed by atoms with Gasteiger partial charge in [-0.25, -0.2) is 9.78 Å². The molecular formula is C16H20N4O4S. The van der Waals surface area contributed by atoms with Gasteiger partial charge in [0.1, 0.15) is 4.83 Å². The Kier molecular flexibility index (Phi) is 4.76. The van der Waals surface area contributed by atoms with Gasteiger partial charge in [0.05, 0.1) is 23.2 Å². The lowest BCUT2D eigenvalue weighted by molar-refractivity contribution is 0.0574. The van der Waals surface area contributed by atoms with Crippen LogP contribution in [0.3, 0.4) is 0 Å². The van der Waals surface area contributed by atoms with E-state index in [0.717, 1.165) is 0 Å².